The third kappa shape index (κ3) is 2.43. The van der Waals surface area contributed by atoms with E-state index in [1.165, 1.54) is 17.7 Å². The fourth-order valence-corrected chi connectivity index (χ4v) is 2.13. The van der Waals surface area contributed by atoms with Crippen LogP contribution in [-0.4, -0.2) is 15.8 Å². The topological polar surface area (TPSA) is 43.8 Å². The van der Waals surface area contributed by atoms with E-state index in [0.29, 0.717) is 0 Å². The predicted molar refractivity (Wildman–Crippen MR) is 70.3 cm³/mol. The van der Waals surface area contributed by atoms with Crippen molar-refractivity contribution in [2.75, 3.05) is 0 Å². The molecule has 3 nitrogen and oxygen atoms in total. The van der Waals surface area contributed by atoms with Gasteiger partial charge in [0.05, 0.1) is 11.4 Å². The van der Waals surface area contributed by atoms with E-state index < -0.39 is 0 Å². The Morgan fingerprint density at radius 3 is 2.44 bits per heavy atom. The van der Waals surface area contributed by atoms with Gasteiger partial charge in [-0.3, -0.25) is 0 Å². The standard InChI is InChI=1S/C14H18FN3/c1-9(16)8-14-10(2)17-18(11(14)3)13-6-4-12(15)5-7-13/h4-7,9H,8,16H2,1-3H3. The summed E-state index contributed by atoms with van der Waals surface area (Å²) in [7, 11) is 0. The first-order valence-corrected chi connectivity index (χ1v) is 6.05. The molecule has 1 heterocycles. The molecule has 18 heavy (non-hydrogen) atoms. The summed E-state index contributed by atoms with van der Waals surface area (Å²) in [6, 6.07) is 6.44. The van der Waals surface area contributed by atoms with Crippen LogP contribution in [-0.2, 0) is 6.42 Å². The Labute approximate surface area is 106 Å². The molecule has 0 bridgehead atoms. The van der Waals surface area contributed by atoms with Gasteiger partial charge < -0.3 is 5.73 Å². The molecule has 1 unspecified atom stereocenters. The highest BCUT2D eigenvalue weighted by Gasteiger charge is 2.13. The van der Waals surface area contributed by atoms with Gasteiger partial charge in [-0.1, -0.05) is 0 Å². The fraction of sp³-hybridized carbons (Fsp3) is 0.357. The molecule has 0 amide bonds. The van der Waals surface area contributed by atoms with Crippen molar-refractivity contribution < 1.29 is 4.39 Å². The van der Waals surface area contributed by atoms with Crippen LogP contribution in [0.3, 0.4) is 0 Å². The molecule has 0 aliphatic heterocycles. The van der Waals surface area contributed by atoms with Gasteiger partial charge in [-0.05, 0) is 57.0 Å². The zero-order chi connectivity index (χ0) is 13.3. The molecular formula is C14H18FN3. The summed E-state index contributed by atoms with van der Waals surface area (Å²) < 4.78 is 14.8. The van der Waals surface area contributed by atoms with Gasteiger partial charge in [0.2, 0.25) is 0 Å². The van der Waals surface area contributed by atoms with E-state index in [0.717, 1.165) is 23.5 Å². The third-order valence-electron chi connectivity index (χ3n) is 3.04. The largest absolute Gasteiger partial charge is 0.328 e. The van der Waals surface area contributed by atoms with Crippen molar-refractivity contribution in [2.45, 2.75) is 33.2 Å². The predicted octanol–water partition coefficient (Wildman–Crippen LogP) is 2.52. The highest BCUT2D eigenvalue weighted by molar-refractivity contribution is 5.37. The van der Waals surface area contributed by atoms with Gasteiger partial charge in [-0.2, -0.15) is 5.10 Å². The van der Waals surface area contributed by atoms with Gasteiger partial charge in [-0.15, -0.1) is 0 Å². The summed E-state index contributed by atoms with van der Waals surface area (Å²) in [5.74, 6) is -0.240. The van der Waals surface area contributed by atoms with Gasteiger partial charge in [-0.25, -0.2) is 9.07 Å². The Bertz CT molecular complexity index is 541. The van der Waals surface area contributed by atoms with Gasteiger partial charge in [0.15, 0.2) is 0 Å². The minimum absolute atomic E-state index is 0.105. The Balaban J connectivity index is 2.43. The molecule has 0 aliphatic rings. The van der Waals surface area contributed by atoms with Crippen molar-refractivity contribution in [3.8, 4) is 5.69 Å². The Morgan fingerprint density at radius 1 is 1.28 bits per heavy atom. The maximum atomic E-state index is 12.9. The molecule has 0 saturated carbocycles. The average Bonchev–Trinajstić information content (AvgIpc) is 2.58. The molecule has 2 aromatic rings. The first kappa shape index (κ1) is 12.8. The number of rotatable bonds is 3. The van der Waals surface area contributed by atoms with E-state index >= 15 is 0 Å². The molecule has 96 valence electrons. The molecule has 0 fully saturated rings. The molecule has 0 saturated heterocycles. The lowest BCUT2D eigenvalue weighted by molar-refractivity contribution is 0.627. The summed E-state index contributed by atoms with van der Waals surface area (Å²) in [5, 5.41) is 4.50. The van der Waals surface area contributed by atoms with E-state index in [-0.39, 0.29) is 11.9 Å². The minimum atomic E-state index is -0.240. The number of aromatic nitrogens is 2. The van der Waals surface area contributed by atoms with E-state index in [4.69, 9.17) is 5.73 Å². The zero-order valence-electron chi connectivity index (χ0n) is 10.9. The molecule has 2 rings (SSSR count). The number of benzene rings is 1. The van der Waals surface area contributed by atoms with Crippen LogP contribution in [0.4, 0.5) is 4.39 Å². The number of aryl methyl sites for hydroxylation is 1. The lowest BCUT2D eigenvalue weighted by atomic mass is 10.1. The number of hydrogen-bond acceptors (Lipinski definition) is 2. The highest BCUT2D eigenvalue weighted by atomic mass is 19.1. The fourth-order valence-electron chi connectivity index (χ4n) is 2.13. The van der Waals surface area contributed by atoms with E-state index in [2.05, 4.69) is 5.10 Å². The van der Waals surface area contributed by atoms with Crippen LogP contribution < -0.4 is 5.73 Å². The van der Waals surface area contributed by atoms with Crippen LogP contribution in [0.5, 0.6) is 0 Å². The smallest absolute Gasteiger partial charge is 0.123 e. The van der Waals surface area contributed by atoms with Crippen LogP contribution in [0, 0.1) is 19.7 Å². The summed E-state index contributed by atoms with van der Waals surface area (Å²) in [6.45, 7) is 5.97. The molecule has 0 radical (unpaired) electrons. The second kappa shape index (κ2) is 4.90. The number of nitrogens with zero attached hydrogens (tertiary/aromatic N) is 2. The summed E-state index contributed by atoms with van der Waals surface area (Å²) in [6.07, 6.45) is 0.804. The lowest BCUT2D eigenvalue weighted by Crippen LogP contribution is -2.18. The zero-order valence-corrected chi connectivity index (χ0v) is 10.9. The van der Waals surface area contributed by atoms with Crippen molar-refractivity contribution in [3.63, 3.8) is 0 Å². The van der Waals surface area contributed by atoms with Crippen molar-refractivity contribution in [1.82, 2.24) is 9.78 Å². The lowest BCUT2D eigenvalue weighted by Gasteiger charge is -2.07. The van der Waals surface area contributed by atoms with Crippen molar-refractivity contribution >= 4 is 0 Å². The minimum Gasteiger partial charge on any atom is -0.328 e. The molecule has 0 spiro atoms. The first-order chi connectivity index (χ1) is 8.49. The van der Waals surface area contributed by atoms with Crippen LogP contribution in [0.1, 0.15) is 23.9 Å². The second-order valence-corrected chi connectivity index (χ2v) is 4.72. The Morgan fingerprint density at radius 2 is 1.89 bits per heavy atom. The van der Waals surface area contributed by atoms with Crippen LogP contribution in [0.2, 0.25) is 0 Å². The highest BCUT2D eigenvalue weighted by Crippen LogP contribution is 2.19. The normalized spacial score (nSPS) is 12.7. The molecule has 0 aliphatic carbocycles. The number of hydrogen-bond donors (Lipinski definition) is 1. The summed E-state index contributed by atoms with van der Waals surface area (Å²) >= 11 is 0. The Kier molecular flexibility index (Phi) is 3.48. The van der Waals surface area contributed by atoms with Gasteiger partial charge in [0.1, 0.15) is 5.82 Å². The quantitative estimate of drug-likeness (QED) is 0.905. The third-order valence-corrected chi connectivity index (χ3v) is 3.04. The SMILES string of the molecule is Cc1nn(-c2ccc(F)cc2)c(C)c1CC(C)N. The van der Waals surface area contributed by atoms with Crippen LogP contribution in [0.15, 0.2) is 24.3 Å². The molecule has 2 N–H and O–H groups in total. The number of halogens is 1. The monoisotopic (exact) mass is 247 g/mol. The second-order valence-electron chi connectivity index (χ2n) is 4.72. The van der Waals surface area contributed by atoms with Crippen molar-refractivity contribution in [3.05, 3.63) is 47.0 Å². The summed E-state index contributed by atoms with van der Waals surface area (Å²) in [5.41, 5.74) is 9.93. The van der Waals surface area contributed by atoms with E-state index in [1.807, 2.05) is 25.5 Å². The first-order valence-electron chi connectivity index (χ1n) is 6.05. The molecule has 1 aromatic carbocycles. The molecular weight excluding hydrogens is 229 g/mol. The molecule has 4 heteroatoms. The van der Waals surface area contributed by atoms with Gasteiger partial charge in [0, 0.05) is 11.7 Å². The van der Waals surface area contributed by atoms with Gasteiger partial charge >= 0.3 is 0 Å². The van der Waals surface area contributed by atoms with Crippen molar-refractivity contribution in [2.24, 2.45) is 5.73 Å². The van der Waals surface area contributed by atoms with Crippen LogP contribution >= 0.6 is 0 Å². The molecule has 1 aromatic heterocycles. The molecule has 1 atom stereocenters. The van der Waals surface area contributed by atoms with Crippen molar-refractivity contribution in [1.29, 1.82) is 0 Å². The van der Waals surface area contributed by atoms with Crippen LogP contribution in [0.25, 0.3) is 5.69 Å². The average molecular weight is 247 g/mol. The summed E-state index contributed by atoms with van der Waals surface area (Å²) in [4.78, 5) is 0. The van der Waals surface area contributed by atoms with E-state index in [9.17, 15) is 4.39 Å². The maximum Gasteiger partial charge on any atom is 0.123 e. The van der Waals surface area contributed by atoms with E-state index in [1.54, 1.807) is 12.1 Å². The maximum absolute atomic E-state index is 12.9. The Hall–Kier alpha value is -1.68. The van der Waals surface area contributed by atoms with Gasteiger partial charge in [0.25, 0.3) is 0 Å². The number of nitrogens with two attached hydrogens (primary N) is 1.